The third kappa shape index (κ3) is 3.36. The maximum absolute atomic E-state index is 12.0. The van der Waals surface area contributed by atoms with Crippen molar-refractivity contribution in [2.75, 3.05) is 18.5 Å². The normalized spacial score (nSPS) is 10.3. The van der Waals surface area contributed by atoms with E-state index in [1.165, 1.54) is 0 Å². The van der Waals surface area contributed by atoms with Crippen LogP contribution >= 0.6 is 0 Å². The van der Waals surface area contributed by atoms with Crippen molar-refractivity contribution in [1.82, 2.24) is 4.98 Å². The number of carbonyl (C=O) groups excluding carboxylic acids is 1. The van der Waals surface area contributed by atoms with Crippen LogP contribution < -0.4 is 15.8 Å². The minimum absolute atomic E-state index is 0.228. The van der Waals surface area contributed by atoms with E-state index in [0.29, 0.717) is 36.2 Å². The molecule has 0 aliphatic carbocycles. The summed E-state index contributed by atoms with van der Waals surface area (Å²) >= 11 is 0. The highest BCUT2D eigenvalue weighted by atomic mass is 16.5. The van der Waals surface area contributed by atoms with Gasteiger partial charge in [0.05, 0.1) is 5.69 Å². The minimum atomic E-state index is -0.321. The third-order valence-corrected chi connectivity index (χ3v) is 2.61. The number of nitrogens with zero attached hydrogens (tertiary/aromatic N) is 1. The molecule has 6 nitrogen and oxygen atoms in total. The summed E-state index contributed by atoms with van der Waals surface area (Å²) in [5, 5.41) is 2.74. The summed E-state index contributed by atoms with van der Waals surface area (Å²) in [6.45, 7) is 4.35. The van der Waals surface area contributed by atoms with Gasteiger partial charge in [-0.05, 0) is 31.2 Å². The van der Waals surface area contributed by atoms with Crippen LogP contribution in [-0.4, -0.2) is 24.0 Å². The molecule has 1 aromatic carbocycles. The first kappa shape index (κ1) is 14.1. The van der Waals surface area contributed by atoms with E-state index in [-0.39, 0.29) is 11.7 Å². The number of nitrogens with two attached hydrogens (primary N) is 1. The number of carbonyl (C=O) groups is 1. The number of benzene rings is 1. The van der Waals surface area contributed by atoms with Gasteiger partial charge in [0.25, 0.3) is 5.91 Å². The Morgan fingerprint density at radius 3 is 2.60 bits per heavy atom. The van der Waals surface area contributed by atoms with Crippen LogP contribution in [0.5, 0.6) is 5.75 Å². The molecule has 2 aromatic rings. The summed E-state index contributed by atoms with van der Waals surface area (Å²) in [6, 6.07) is 7.04. The molecule has 1 heterocycles. The number of nitrogens with one attached hydrogen (secondary N) is 1. The third-order valence-electron chi connectivity index (χ3n) is 2.61. The van der Waals surface area contributed by atoms with Crippen LogP contribution in [0.2, 0.25) is 0 Å². The van der Waals surface area contributed by atoms with Gasteiger partial charge in [0.2, 0.25) is 5.76 Å². The number of aryl methyl sites for hydroxylation is 2. The standard InChI is InChI=1S/C14H17N3O3/c1-9-13(20-10(2)16-9)14(18)17-11-3-5-12(6-4-11)19-8-7-15/h3-6H,7-8,15H2,1-2H3,(H,17,18). The highest BCUT2D eigenvalue weighted by Crippen LogP contribution is 2.17. The van der Waals surface area contributed by atoms with E-state index in [4.69, 9.17) is 14.9 Å². The number of ether oxygens (including phenoxy) is 1. The lowest BCUT2D eigenvalue weighted by Crippen LogP contribution is -2.12. The van der Waals surface area contributed by atoms with E-state index in [0.717, 1.165) is 0 Å². The number of hydrogen-bond donors (Lipinski definition) is 2. The van der Waals surface area contributed by atoms with Crippen molar-refractivity contribution in [2.24, 2.45) is 5.73 Å². The molecule has 1 aromatic heterocycles. The van der Waals surface area contributed by atoms with Crippen molar-refractivity contribution in [2.45, 2.75) is 13.8 Å². The van der Waals surface area contributed by atoms with Gasteiger partial charge in [0, 0.05) is 19.2 Å². The fraction of sp³-hybridized carbons (Fsp3) is 0.286. The molecule has 0 unspecified atom stereocenters. The Morgan fingerprint density at radius 1 is 1.35 bits per heavy atom. The first-order valence-corrected chi connectivity index (χ1v) is 6.28. The number of hydrogen-bond acceptors (Lipinski definition) is 5. The van der Waals surface area contributed by atoms with Gasteiger partial charge in [-0.15, -0.1) is 0 Å². The lowest BCUT2D eigenvalue weighted by Gasteiger charge is -2.06. The van der Waals surface area contributed by atoms with Crippen LogP contribution in [0.4, 0.5) is 5.69 Å². The SMILES string of the molecule is Cc1nc(C)c(C(=O)Nc2ccc(OCCN)cc2)o1. The Hall–Kier alpha value is -2.34. The number of rotatable bonds is 5. The molecule has 0 saturated carbocycles. The number of oxazole rings is 1. The molecule has 0 aliphatic heterocycles. The summed E-state index contributed by atoms with van der Waals surface area (Å²) in [5.74, 6) is 1.09. The van der Waals surface area contributed by atoms with E-state index in [1.807, 2.05) is 0 Å². The molecule has 2 rings (SSSR count). The summed E-state index contributed by atoms with van der Waals surface area (Å²) in [7, 11) is 0. The molecule has 6 heteroatoms. The molecule has 20 heavy (non-hydrogen) atoms. The van der Waals surface area contributed by atoms with E-state index in [1.54, 1.807) is 38.1 Å². The van der Waals surface area contributed by atoms with Crippen LogP contribution in [0.3, 0.4) is 0 Å². The minimum Gasteiger partial charge on any atom is -0.492 e. The zero-order valence-corrected chi connectivity index (χ0v) is 11.5. The Labute approximate surface area is 116 Å². The van der Waals surface area contributed by atoms with Crippen molar-refractivity contribution in [1.29, 1.82) is 0 Å². The quantitative estimate of drug-likeness (QED) is 0.869. The largest absolute Gasteiger partial charge is 0.492 e. The molecule has 0 atom stereocenters. The Bertz CT molecular complexity index is 590. The average Bonchev–Trinajstić information content (AvgIpc) is 2.77. The van der Waals surface area contributed by atoms with Gasteiger partial charge < -0.3 is 20.2 Å². The molecule has 0 saturated heterocycles. The topological polar surface area (TPSA) is 90.4 Å². The second-order valence-electron chi connectivity index (χ2n) is 4.26. The van der Waals surface area contributed by atoms with Crippen LogP contribution in [0.25, 0.3) is 0 Å². The molecular weight excluding hydrogens is 258 g/mol. The Morgan fingerprint density at radius 2 is 2.05 bits per heavy atom. The lowest BCUT2D eigenvalue weighted by molar-refractivity contribution is 0.0994. The highest BCUT2D eigenvalue weighted by Gasteiger charge is 2.15. The smallest absolute Gasteiger partial charge is 0.293 e. The first-order valence-electron chi connectivity index (χ1n) is 6.28. The van der Waals surface area contributed by atoms with E-state index in [2.05, 4.69) is 10.3 Å². The lowest BCUT2D eigenvalue weighted by atomic mass is 10.3. The second-order valence-corrected chi connectivity index (χ2v) is 4.26. The van der Waals surface area contributed by atoms with Crippen LogP contribution in [0, 0.1) is 13.8 Å². The van der Waals surface area contributed by atoms with Gasteiger partial charge in [-0.2, -0.15) is 0 Å². The van der Waals surface area contributed by atoms with Crippen molar-refractivity contribution in [3.63, 3.8) is 0 Å². The fourth-order valence-electron chi connectivity index (χ4n) is 1.74. The van der Waals surface area contributed by atoms with Crippen LogP contribution in [0.15, 0.2) is 28.7 Å². The first-order chi connectivity index (χ1) is 9.60. The van der Waals surface area contributed by atoms with Gasteiger partial charge in [0.1, 0.15) is 12.4 Å². The molecule has 0 radical (unpaired) electrons. The molecule has 0 fully saturated rings. The number of aromatic nitrogens is 1. The molecule has 0 aliphatic rings. The molecule has 0 bridgehead atoms. The molecular formula is C14H17N3O3. The van der Waals surface area contributed by atoms with Gasteiger partial charge in [0.15, 0.2) is 5.89 Å². The summed E-state index contributed by atoms with van der Waals surface area (Å²) in [5.41, 5.74) is 6.58. The maximum Gasteiger partial charge on any atom is 0.293 e. The molecule has 106 valence electrons. The summed E-state index contributed by atoms with van der Waals surface area (Å²) < 4.78 is 10.6. The van der Waals surface area contributed by atoms with Crippen molar-refractivity contribution < 1.29 is 13.9 Å². The molecule has 3 N–H and O–H groups in total. The summed E-state index contributed by atoms with van der Waals surface area (Å²) in [6.07, 6.45) is 0. The maximum atomic E-state index is 12.0. The van der Waals surface area contributed by atoms with Crippen molar-refractivity contribution >= 4 is 11.6 Å². The molecule has 0 spiro atoms. The monoisotopic (exact) mass is 275 g/mol. The zero-order chi connectivity index (χ0) is 14.5. The molecule has 1 amide bonds. The Kier molecular flexibility index (Phi) is 4.37. The Balaban J connectivity index is 2.02. The van der Waals surface area contributed by atoms with Gasteiger partial charge in [-0.25, -0.2) is 4.98 Å². The number of amides is 1. The van der Waals surface area contributed by atoms with E-state index >= 15 is 0 Å². The second kappa shape index (κ2) is 6.21. The van der Waals surface area contributed by atoms with Crippen LogP contribution in [-0.2, 0) is 0 Å². The fourth-order valence-corrected chi connectivity index (χ4v) is 1.74. The van der Waals surface area contributed by atoms with Gasteiger partial charge >= 0.3 is 0 Å². The van der Waals surface area contributed by atoms with Crippen LogP contribution in [0.1, 0.15) is 22.1 Å². The van der Waals surface area contributed by atoms with Gasteiger partial charge in [-0.1, -0.05) is 0 Å². The van der Waals surface area contributed by atoms with Crippen molar-refractivity contribution in [3.05, 3.63) is 41.6 Å². The van der Waals surface area contributed by atoms with E-state index in [9.17, 15) is 4.79 Å². The van der Waals surface area contributed by atoms with E-state index < -0.39 is 0 Å². The number of anilines is 1. The zero-order valence-electron chi connectivity index (χ0n) is 11.5. The van der Waals surface area contributed by atoms with Crippen molar-refractivity contribution in [3.8, 4) is 5.75 Å². The van der Waals surface area contributed by atoms with Gasteiger partial charge in [-0.3, -0.25) is 4.79 Å². The predicted molar refractivity (Wildman–Crippen MR) is 74.9 cm³/mol. The summed E-state index contributed by atoms with van der Waals surface area (Å²) in [4.78, 5) is 16.1. The highest BCUT2D eigenvalue weighted by molar-refractivity contribution is 6.02. The predicted octanol–water partition coefficient (Wildman–Crippen LogP) is 1.88. The average molecular weight is 275 g/mol.